The number of rotatable bonds is 5. The first-order chi connectivity index (χ1) is 13.3. The third-order valence-electron chi connectivity index (χ3n) is 5.86. The number of hydrogen-bond donors (Lipinski definition) is 1. The highest BCUT2D eigenvalue weighted by atomic mass is 32.2. The van der Waals surface area contributed by atoms with E-state index in [-0.39, 0.29) is 5.91 Å². The molecule has 1 N–H and O–H groups in total. The van der Waals surface area contributed by atoms with Gasteiger partial charge in [-0.05, 0) is 45.2 Å². The lowest BCUT2D eigenvalue weighted by Gasteiger charge is -2.23. The summed E-state index contributed by atoms with van der Waals surface area (Å²) in [5.74, 6) is 0.127. The number of hydrogen-bond acceptors (Lipinski definition) is 5. The third-order valence-corrected chi connectivity index (χ3v) is 9.04. The number of thiophene rings is 1. The molecule has 2 aliphatic rings. The van der Waals surface area contributed by atoms with Crippen LogP contribution >= 0.6 is 11.3 Å². The van der Waals surface area contributed by atoms with E-state index in [0.717, 1.165) is 47.1 Å². The topological polar surface area (TPSA) is 86.4 Å². The van der Waals surface area contributed by atoms with E-state index in [1.165, 1.54) is 15.6 Å². The van der Waals surface area contributed by atoms with Gasteiger partial charge in [-0.1, -0.05) is 6.92 Å². The zero-order chi connectivity index (χ0) is 20.1. The van der Waals surface area contributed by atoms with Gasteiger partial charge in [-0.2, -0.15) is 9.40 Å². The maximum Gasteiger partial charge on any atom is 0.244 e. The van der Waals surface area contributed by atoms with Crippen LogP contribution in [0.5, 0.6) is 0 Å². The Labute approximate surface area is 169 Å². The van der Waals surface area contributed by atoms with Gasteiger partial charge in [-0.3, -0.25) is 9.89 Å². The van der Waals surface area contributed by atoms with Crippen molar-refractivity contribution in [1.82, 2.24) is 19.4 Å². The van der Waals surface area contributed by atoms with Crippen LogP contribution in [-0.4, -0.2) is 59.9 Å². The summed E-state index contributed by atoms with van der Waals surface area (Å²) < 4.78 is 28.2. The molecule has 0 aromatic carbocycles. The van der Waals surface area contributed by atoms with Crippen LogP contribution in [0.3, 0.4) is 0 Å². The van der Waals surface area contributed by atoms with E-state index >= 15 is 0 Å². The molecule has 2 aliphatic heterocycles. The van der Waals surface area contributed by atoms with Gasteiger partial charge in [-0.15, -0.1) is 11.3 Å². The summed E-state index contributed by atoms with van der Waals surface area (Å²) >= 11 is 1.43. The SMILES string of the molecule is CCCN1CCC2(CCN(S(=O)(=O)c3cc(-c4cc(C)[nH]n4)sc3C)C2)C1=O. The second-order valence-corrected chi connectivity index (χ2v) is 11.0. The summed E-state index contributed by atoms with van der Waals surface area (Å²) in [5, 5.41) is 7.14. The average Bonchev–Trinajstić information content (AvgIpc) is 3.40. The van der Waals surface area contributed by atoms with Crippen molar-refractivity contribution in [2.24, 2.45) is 5.41 Å². The molecule has 0 saturated carbocycles. The van der Waals surface area contributed by atoms with Crippen LogP contribution in [0.15, 0.2) is 17.0 Å². The van der Waals surface area contributed by atoms with Crippen molar-refractivity contribution in [2.45, 2.75) is 44.9 Å². The Morgan fingerprint density at radius 1 is 1.25 bits per heavy atom. The van der Waals surface area contributed by atoms with Gasteiger partial charge in [0, 0.05) is 36.8 Å². The molecular formula is C19H26N4O3S2. The monoisotopic (exact) mass is 422 g/mol. The van der Waals surface area contributed by atoms with Crippen LogP contribution in [-0.2, 0) is 14.8 Å². The first-order valence-electron chi connectivity index (χ1n) is 9.69. The van der Waals surface area contributed by atoms with Crippen molar-refractivity contribution in [3.63, 3.8) is 0 Å². The Hall–Kier alpha value is -1.71. The summed E-state index contributed by atoms with van der Waals surface area (Å²) in [6, 6.07) is 3.63. The van der Waals surface area contributed by atoms with Crippen molar-refractivity contribution in [1.29, 1.82) is 0 Å². The molecule has 1 amide bonds. The van der Waals surface area contributed by atoms with E-state index in [4.69, 9.17) is 0 Å². The number of aryl methyl sites for hydroxylation is 2. The molecule has 2 saturated heterocycles. The smallest absolute Gasteiger partial charge is 0.244 e. The van der Waals surface area contributed by atoms with Gasteiger partial charge in [0.15, 0.2) is 0 Å². The molecule has 2 fully saturated rings. The molecule has 1 atom stereocenters. The fourth-order valence-corrected chi connectivity index (χ4v) is 7.37. The molecule has 0 radical (unpaired) electrons. The Balaban J connectivity index is 1.59. The number of H-pyrrole nitrogens is 1. The Morgan fingerprint density at radius 3 is 2.68 bits per heavy atom. The molecule has 152 valence electrons. The number of aromatic amines is 1. The quantitative estimate of drug-likeness (QED) is 0.803. The number of nitrogens with one attached hydrogen (secondary N) is 1. The fraction of sp³-hybridized carbons (Fsp3) is 0.579. The molecule has 1 spiro atoms. The van der Waals surface area contributed by atoms with Gasteiger partial charge in [0.05, 0.1) is 15.2 Å². The second kappa shape index (κ2) is 6.96. The number of nitrogens with zero attached hydrogens (tertiary/aromatic N) is 3. The number of sulfonamides is 1. The summed E-state index contributed by atoms with van der Waals surface area (Å²) in [5.41, 5.74) is 1.16. The summed E-state index contributed by atoms with van der Waals surface area (Å²) in [6.07, 6.45) is 2.28. The lowest BCUT2D eigenvalue weighted by molar-refractivity contribution is -0.135. The number of amides is 1. The van der Waals surface area contributed by atoms with E-state index in [1.807, 2.05) is 24.8 Å². The van der Waals surface area contributed by atoms with Crippen LogP contribution in [0.2, 0.25) is 0 Å². The minimum absolute atomic E-state index is 0.127. The van der Waals surface area contributed by atoms with Gasteiger partial charge >= 0.3 is 0 Å². The number of aromatic nitrogens is 2. The molecule has 4 heterocycles. The third kappa shape index (κ3) is 3.09. The van der Waals surface area contributed by atoms with Crippen molar-refractivity contribution in [3.8, 4) is 10.6 Å². The molecule has 28 heavy (non-hydrogen) atoms. The molecule has 2 aromatic rings. The van der Waals surface area contributed by atoms with E-state index in [1.54, 1.807) is 6.07 Å². The van der Waals surface area contributed by atoms with Crippen LogP contribution in [0.1, 0.15) is 36.8 Å². The summed E-state index contributed by atoms with van der Waals surface area (Å²) in [4.78, 5) is 16.7. The fourth-order valence-electron chi connectivity index (χ4n) is 4.33. The average molecular weight is 423 g/mol. The van der Waals surface area contributed by atoms with Crippen LogP contribution in [0.25, 0.3) is 10.6 Å². The molecule has 1 unspecified atom stereocenters. The van der Waals surface area contributed by atoms with E-state index < -0.39 is 15.4 Å². The molecule has 0 bridgehead atoms. The minimum Gasteiger partial charge on any atom is -0.342 e. The maximum absolute atomic E-state index is 13.3. The lowest BCUT2D eigenvalue weighted by Crippen LogP contribution is -2.38. The van der Waals surface area contributed by atoms with Crippen molar-refractivity contribution < 1.29 is 13.2 Å². The van der Waals surface area contributed by atoms with Gasteiger partial charge in [0.2, 0.25) is 15.9 Å². The molecule has 2 aromatic heterocycles. The predicted octanol–water partition coefficient (Wildman–Crippen LogP) is 2.78. The first kappa shape index (κ1) is 19.6. The molecule has 0 aliphatic carbocycles. The van der Waals surface area contributed by atoms with Crippen molar-refractivity contribution >= 4 is 27.3 Å². The van der Waals surface area contributed by atoms with Crippen LogP contribution < -0.4 is 0 Å². The number of carbonyl (C=O) groups is 1. The highest BCUT2D eigenvalue weighted by molar-refractivity contribution is 7.89. The molecule has 9 heteroatoms. The molecule has 7 nitrogen and oxygen atoms in total. The highest BCUT2D eigenvalue weighted by Gasteiger charge is 2.53. The number of carbonyl (C=O) groups excluding carboxylic acids is 1. The van der Waals surface area contributed by atoms with E-state index in [0.29, 0.717) is 24.4 Å². The normalized spacial score (nSPS) is 23.4. The van der Waals surface area contributed by atoms with Crippen molar-refractivity contribution in [2.75, 3.05) is 26.2 Å². The standard InChI is InChI=1S/C19H26N4O3S2/c1-4-7-22-8-5-19(18(22)24)6-9-23(12-19)28(25,26)17-11-16(27-14(17)3)15-10-13(2)20-21-15/h10-11H,4-9,12H2,1-3H3,(H,20,21). The lowest BCUT2D eigenvalue weighted by atomic mass is 9.86. The molecule has 4 rings (SSSR count). The van der Waals surface area contributed by atoms with E-state index in [9.17, 15) is 13.2 Å². The molecular weight excluding hydrogens is 396 g/mol. The maximum atomic E-state index is 13.3. The van der Waals surface area contributed by atoms with Crippen LogP contribution in [0.4, 0.5) is 0 Å². The first-order valence-corrected chi connectivity index (χ1v) is 11.9. The highest BCUT2D eigenvalue weighted by Crippen LogP contribution is 2.43. The largest absolute Gasteiger partial charge is 0.342 e. The summed E-state index contributed by atoms with van der Waals surface area (Å²) in [6.45, 7) is 7.99. The zero-order valence-electron chi connectivity index (χ0n) is 16.5. The van der Waals surface area contributed by atoms with Gasteiger partial charge < -0.3 is 4.90 Å². The zero-order valence-corrected chi connectivity index (χ0v) is 18.1. The second-order valence-electron chi connectivity index (χ2n) is 7.88. The Kier molecular flexibility index (Phi) is 4.87. The van der Waals surface area contributed by atoms with Gasteiger partial charge in [0.1, 0.15) is 5.69 Å². The van der Waals surface area contributed by atoms with Crippen LogP contribution in [0, 0.1) is 19.3 Å². The van der Waals surface area contributed by atoms with Gasteiger partial charge in [-0.25, -0.2) is 8.42 Å². The van der Waals surface area contributed by atoms with Gasteiger partial charge in [0.25, 0.3) is 0 Å². The Morgan fingerprint density at radius 2 is 2.00 bits per heavy atom. The summed E-state index contributed by atoms with van der Waals surface area (Å²) in [7, 11) is -3.63. The minimum atomic E-state index is -3.63. The number of likely N-dealkylation sites (tertiary alicyclic amines) is 1. The van der Waals surface area contributed by atoms with Crippen molar-refractivity contribution in [3.05, 3.63) is 22.7 Å². The Bertz CT molecular complexity index is 1010. The predicted molar refractivity (Wildman–Crippen MR) is 109 cm³/mol. The van der Waals surface area contributed by atoms with E-state index in [2.05, 4.69) is 17.1 Å².